The van der Waals surface area contributed by atoms with Crippen LogP contribution in [0.25, 0.3) is 5.65 Å². The van der Waals surface area contributed by atoms with Gasteiger partial charge < -0.3 is 4.90 Å². The molecule has 0 unspecified atom stereocenters. The third-order valence-corrected chi connectivity index (χ3v) is 2.33. The summed E-state index contributed by atoms with van der Waals surface area (Å²) in [6.07, 6.45) is 1.86. The Labute approximate surface area is 87.9 Å². The summed E-state index contributed by atoms with van der Waals surface area (Å²) < 4.78 is 1.96. The van der Waals surface area contributed by atoms with Gasteiger partial charge in [0.25, 0.3) is 0 Å². The first-order valence-electron chi connectivity index (χ1n) is 4.44. The molecule has 2 aromatic heterocycles. The van der Waals surface area contributed by atoms with Crippen LogP contribution in [0.4, 0.5) is 0 Å². The summed E-state index contributed by atoms with van der Waals surface area (Å²) in [4.78, 5) is 6.37. The minimum absolute atomic E-state index is 0.705. The molecule has 2 heterocycles. The molecule has 0 bridgehead atoms. The van der Waals surface area contributed by atoms with Gasteiger partial charge in [0.05, 0.1) is 11.9 Å². The smallest absolute Gasteiger partial charge is 0.138 e. The Hall–Kier alpha value is -1.06. The van der Waals surface area contributed by atoms with Crippen LogP contribution in [0, 0.1) is 0 Å². The molecule has 14 heavy (non-hydrogen) atoms. The van der Waals surface area contributed by atoms with E-state index in [9.17, 15) is 0 Å². The highest BCUT2D eigenvalue weighted by Crippen LogP contribution is 2.15. The monoisotopic (exact) mass is 209 g/mol. The van der Waals surface area contributed by atoms with Crippen molar-refractivity contribution in [3.8, 4) is 0 Å². The molecule has 2 aromatic rings. The predicted octanol–water partition coefficient (Wildman–Crippen LogP) is 2.05. The van der Waals surface area contributed by atoms with Gasteiger partial charge in [0.1, 0.15) is 10.8 Å². The zero-order chi connectivity index (χ0) is 10.1. The minimum Gasteiger partial charge on any atom is -0.304 e. The summed E-state index contributed by atoms with van der Waals surface area (Å²) in [5.41, 5.74) is 2.00. The van der Waals surface area contributed by atoms with E-state index in [1.54, 1.807) is 0 Å². The van der Waals surface area contributed by atoms with Gasteiger partial charge >= 0.3 is 0 Å². The van der Waals surface area contributed by atoms with Crippen molar-refractivity contribution >= 4 is 17.2 Å². The van der Waals surface area contributed by atoms with Crippen LogP contribution in [-0.4, -0.2) is 28.4 Å². The maximum absolute atomic E-state index is 6.09. The van der Waals surface area contributed by atoms with Crippen LogP contribution in [-0.2, 0) is 6.54 Å². The standard InChI is InChI=1S/C10H12ClN3/c1-13(2)7-8-6-12-10-5-3-4-9(11)14(8)10/h3-6H,7H2,1-2H3. The molecule has 74 valence electrons. The number of imidazole rings is 1. The van der Waals surface area contributed by atoms with Crippen molar-refractivity contribution in [3.63, 3.8) is 0 Å². The summed E-state index contributed by atoms with van der Waals surface area (Å²) in [5, 5.41) is 0.705. The van der Waals surface area contributed by atoms with Crippen LogP contribution >= 0.6 is 11.6 Å². The topological polar surface area (TPSA) is 20.5 Å². The normalized spacial score (nSPS) is 11.4. The lowest BCUT2D eigenvalue weighted by atomic mass is 10.4. The number of halogens is 1. The second-order valence-corrected chi connectivity index (χ2v) is 3.92. The SMILES string of the molecule is CN(C)Cc1cnc2cccc(Cl)n12. The Bertz CT molecular complexity index is 448. The van der Waals surface area contributed by atoms with Gasteiger partial charge in [-0.2, -0.15) is 0 Å². The molecule has 0 saturated carbocycles. The fraction of sp³-hybridized carbons (Fsp3) is 0.300. The number of nitrogens with zero attached hydrogens (tertiary/aromatic N) is 3. The minimum atomic E-state index is 0.705. The van der Waals surface area contributed by atoms with E-state index in [0.717, 1.165) is 17.9 Å². The van der Waals surface area contributed by atoms with Crippen molar-refractivity contribution in [1.82, 2.24) is 14.3 Å². The van der Waals surface area contributed by atoms with Crippen molar-refractivity contribution in [3.05, 3.63) is 35.2 Å². The van der Waals surface area contributed by atoms with Crippen molar-refractivity contribution in [2.75, 3.05) is 14.1 Å². The first-order valence-corrected chi connectivity index (χ1v) is 4.82. The van der Waals surface area contributed by atoms with Crippen LogP contribution in [0.3, 0.4) is 0 Å². The van der Waals surface area contributed by atoms with Gasteiger partial charge in [-0.15, -0.1) is 0 Å². The lowest BCUT2D eigenvalue weighted by molar-refractivity contribution is 0.395. The van der Waals surface area contributed by atoms with Crippen LogP contribution in [0.15, 0.2) is 24.4 Å². The Morgan fingerprint density at radius 2 is 2.21 bits per heavy atom. The maximum Gasteiger partial charge on any atom is 0.138 e. The van der Waals surface area contributed by atoms with E-state index in [-0.39, 0.29) is 0 Å². The molecule has 0 N–H and O–H groups in total. The van der Waals surface area contributed by atoms with Crippen LogP contribution in [0.5, 0.6) is 0 Å². The lowest BCUT2D eigenvalue weighted by Crippen LogP contribution is -2.12. The zero-order valence-corrected chi connectivity index (χ0v) is 8.99. The van der Waals surface area contributed by atoms with Crippen molar-refractivity contribution in [2.45, 2.75) is 6.54 Å². The molecule has 0 saturated heterocycles. The molecule has 2 rings (SSSR count). The molecule has 0 amide bonds. The molecule has 4 heteroatoms. The molecule has 0 spiro atoms. The summed E-state index contributed by atoms with van der Waals surface area (Å²) >= 11 is 6.09. The zero-order valence-electron chi connectivity index (χ0n) is 8.24. The average Bonchev–Trinajstić information content (AvgIpc) is 2.49. The van der Waals surface area contributed by atoms with Gasteiger partial charge in [-0.1, -0.05) is 17.7 Å². The number of aromatic nitrogens is 2. The van der Waals surface area contributed by atoms with Crippen LogP contribution < -0.4 is 0 Å². The quantitative estimate of drug-likeness (QED) is 0.706. The van der Waals surface area contributed by atoms with Crippen LogP contribution in [0.1, 0.15) is 5.69 Å². The summed E-state index contributed by atoms with van der Waals surface area (Å²) in [7, 11) is 4.05. The van der Waals surface area contributed by atoms with E-state index in [2.05, 4.69) is 9.88 Å². The summed E-state index contributed by atoms with van der Waals surface area (Å²) in [5.74, 6) is 0. The first kappa shape index (κ1) is 9.49. The molecule has 0 aliphatic carbocycles. The summed E-state index contributed by atoms with van der Waals surface area (Å²) in [6, 6.07) is 5.73. The molecular formula is C10H12ClN3. The number of fused-ring (bicyclic) bond motifs is 1. The van der Waals surface area contributed by atoms with Crippen molar-refractivity contribution in [2.24, 2.45) is 0 Å². The number of hydrogen-bond acceptors (Lipinski definition) is 2. The molecule has 3 nitrogen and oxygen atoms in total. The van der Waals surface area contributed by atoms with E-state index in [4.69, 9.17) is 11.6 Å². The fourth-order valence-corrected chi connectivity index (χ4v) is 1.76. The number of hydrogen-bond donors (Lipinski definition) is 0. The van der Waals surface area contributed by atoms with E-state index in [1.165, 1.54) is 0 Å². The third kappa shape index (κ3) is 1.61. The Kier molecular flexibility index (Phi) is 2.44. The van der Waals surface area contributed by atoms with Gasteiger partial charge in [0.15, 0.2) is 0 Å². The van der Waals surface area contributed by atoms with Gasteiger partial charge in [0, 0.05) is 6.54 Å². The summed E-state index contributed by atoms with van der Waals surface area (Å²) in [6.45, 7) is 0.838. The van der Waals surface area contributed by atoms with Gasteiger partial charge in [-0.25, -0.2) is 4.98 Å². The predicted molar refractivity (Wildman–Crippen MR) is 57.6 cm³/mol. The Balaban J connectivity index is 2.55. The number of pyridine rings is 1. The lowest BCUT2D eigenvalue weighted by Gasteiger charge is -2.09. The van der Waals surface area contributed by atoms with E-state index in [1.807, 2.05) is 42.9 Å². The molecule has 0 fully saturated rings. The highest BCUT2D eigenvalue weighted by Gasteiger charge is 2.06. The second-order valence-electron chi connectivity index (χ2n) is 3.53. The number of rotatable bonds is 2. The average molecular weight is 210 g/mol. The van der Waals surface area contributed by atoms with E-state index < -0.39 is 0 Å². The van der Waals surface area contributed by atoms with E-state index >= 15 is 0 Å². The third-order valence-electron chi connectivity index (χ3n) is 2.03. The molecule has 0 aromatic carbocycles. The maximum atomic E-state index is 6.09. The Morgan fingerprint density at radius 3 is 2.93 bits per heavy atom. The first-order chi connectivity index (χ1) is 6.68. The Morgan fingerprint density at radius 1 is 1.43 bits per heavy atom. The molecular weight excluding hydrogens is 198 g/mol. The van der Waals surface area contributed by atoms with E-state index in [0.29, 0.717) is 5.15 Å². The van der Waals surface area contributed by atoms with Gasteiger partial charge in [-0.05, 0) is 26.2 Å². The van der Waals surface area contributed by atoms with Crippen molar-refractivity contribution < 1.29 is 0 Å². The second kappa shape index (κ2) is 3.59. The highest BCUT2D eigenvalue weighted by molar-refractivity contribution is 6.29. The molecule has 0 radical (unpaired) electrons. The largest absolute Gasteiger partial charge is 0.304 e. The van der Waals surface area contributed by atoms with Crippen molar-refractivity contribution in [1.29, 1.82) is 0 Å². The molecule has 0 aliphatic rings. The molecule has 0 atom stereocenters. The van der Waals surface area contributed by atoms with Gasteiger partial charge in [0.2, 0.25) is 0 Å². The molecule has 0 aliphatic heterocycles. The van der Waals surface area contributed by atoms with Gasteiger partial charge in [-0.3, -0.25) is 4.40 Å². The van der Waals surface area contributed by atoms with Crippen LogP contribution in [0.2, 0.25) is 5.15 Å². The highest BCUT2D eigenvalue weighted by atomic mass is 35.5. The fourth-order valence-electron chi connectivity index (χ4n) is 1.49.